The second-order valence-electron chi connectivity index (χ2n) is 3.84. The fourth-order valence-corrected chi connectivity index (χ4v) is 1.32. The van der Waals surface area contributed by atoms with Crippen LogP contribution >= 0.6 is 0 Å². The average Bonchev–Trinajstić information content (AvgIpc) is 2.02. The molecule has 0 spiro atoms. The minimum atomic E-state index is -0.151. The summed E-state index contributed by atoms with van der Waals surface area (Å²) >= 11 is 0. The first-order chi connectivity index (χ1) is 6.56. The highest BCUT2D eigenvalue weighted by Crippen LogP contribution is 2.02. The van der Waals surface area contributed by atoms with Crippen LogP contribution in [0.1, 0.15) is 52.9 Å². The molecule has 0 aromatic carbocycles. The molecule has 1 atom stereocenters. The van der Waals surface area contributed by atoms with Crippen molar-refractivity contribution >= 4 is 11.7 Å². The highest BCUT2D eigenvalue weighted by Gasteiger charge is 2.08. The van der Waals surface area contributed by atoms with E-state index in [1.807, 2.05) is 6.92 Å². The fraction of sp³-hybridized carbons (Fsp3) is 0.818. The minimum Gasteiger partial charge on any atom is -0.353 e. The van der Waals surface area contributed by atoms with E-state index in [0.717, 1.165) is 12.8 Å². The summed E-state index contributed by atoms with van der Waals surface area (Å²) in [5, 5.41) is 2.81. The van der Waals surface area contributed by atoms with Crippen molar-refractivity contribution in [1.82, 2.24) is 5.32 Å². The molecule has 0 heterocycles. The van der Waals surface area contributed by atoms with E-state index in [4.69, 9.17) is 0 Å². The van der Waals surface area contributed by atoms with Crippen LogP contribution in [-0.2, 0) is 9.59 Å². The average molecular weight is 199 g/mol. The topological polar surface area (TPSA) is 46.2 Å². The van der Waals surface area contributed by atoms with Crippen molar-refractivity contribution < 1.29 is 9.59 Å². The predicted molar refractivity (Wildman–Crippen MR) is 57.0 cm³/mol. The summed E-state index contributed by atoms with van der Waals surface area (Å²) in [4.78, 5) is 21.8. The van der Waals surface area contributed by atoms with E-state index in [1.54, 1.807) is 0 Å². The molecule has 1 N–H and O–H groups in total. The summed E-state index contributed by atoms with van der Waals surface area (Å²) < 4.78 is 0. The first kappa shape index (κ1) is 13.1. The zero-order valence-electron chi connectivity index (χ0n) is 9.43. The molecule has 0 bridgehead atoms. The molecular weight excluding hydrogens is 178 g/mol. The van der Waals surface area contributed by atoms with Crippen LogP contribution in [0, 0.1) is 0 Å². The number of ketones is 1. The van der Waals surface area contributed by atoms with Crippen molar-refractivity contribution in [2.75, 3.05) is 0 Å². The number of Topliss-reactive ketones (excluding diaryl/α,β-unsaturated/α-hetero) is 1. The van der Waals surface area contributed by atoms with Gasteiger partial charge in [-0.15, -0.1) is 0 Å². The van der Waals surface area contributed by atoms with Gasteiger partial charge in [0.1, 0.15) is 5.78 Å². The largest absolute Gasteiger partial charge is 0.353 e. The molecule has 0 fully saturated rings. The van der Waals surface area contributed by atoms with E-state index >= 15 is 0 Å². The number of nitrogens with one attached hydrogen (secondary N) is 1. The van der Waals surface area contributed by atoms with Gasteiger partial charge in [-0.1, -0.05) is 26.2 Å². The molecule has 0 aromatic rings. The molecule has 82 valence electrons. The molecular formula is C11H21NO2. The van der Waals surface area contributed by atoms with E-state index in [9.17, 15) is 9.59 Å². The van der Waals surface area contributed by atoms with Crippen LogP contribution < -0.4 is 5.32 Å². The monoisotopic (exact) mass is 199 g/mol. The molecule has 0 radical (unpaired) electrons. The number of hydrogen-bond donors (Lipinski definition) is 1. The van der Waals surface area contributed by atoms with Crippen molar-refractivity contribution in [3.63, 3.8) is 0 Å². The fourth-order valence-electron chi connectivity index (χ4n) is 1.32. The lowest BCUT2D eigenvalue weighted by Gasteiger charge is -2.12. The van der Waals surface area contributed by atoms with Gasteiger partial charge in [-0.3, -0.25) is 9.59 Å². The Kier molecular flexibility index (Phi) is 7.07. The van der Waals surface area contributed by atoms with Gasteiger partial charge < -0.3 is 5.32 Å². The summed E-state index contributed by atoms with van der Waals surface area (Å²) in [6.45, 7) is 5.56. The molecule has 0 aliphatic rings. The normalized spacial score (nSPS) is 12.2. The number of carbonyl (C=O) groups excluding carboxylic acids is 2. The van der Waals surface area contributed by atoms with Crippen molar-refractivity contribution in [2.45, 2.75) is 58.9 Å². The SMILES string of the molecule is CCCCCC(C)NC(=O)CC(C)=O. The third-order valence-electron chi connectivity index (χ3n) is 2.06. The number of unbranched alkanes of at least 4 members (excludes halogenated alkanes) is 2. The van der Waals surface area contributed by atoms with Gasteiger partial charge >= 0.3 is 0 Å². The first-order valence-electron chi connectivity index (χ1n) is 5.35. The van der Waals surface area contributed by atoms with Gasteiger partial charge in [0.05, 0.1) is 6.42 Å². The highest BCUT2D eigenvalue weighted by molar-refractivity contribution is 5.96. The summed E-state index contributed by atoms with van der Waals surface area (Å²) in [6, 6.07) is 0.188. The van der Waals surface area contributed by atoms with Gasteiger partial charge in [0, 0.05) is 6.04 Å². The maximum atomic E-state index is 11.2. The second kappa shape index (κ2) is 7.54. The number of hydrogen-bond acceptors (Lipinski definition) is 2. The van der Waals surface area contributed by atoms with Gasteiger partial charge in [0.15, 0.2) is 0 Å². The van der Waals surface area contributed by atoms with Crippen molar-refractivity contribution in [3.05, 3.63) is 0 Å². The quantitative estimate of drug-likeness (QED) is 0.504. The lowest BCUT2D eigenvalue weighted by Crippen LogP contribution is -2.33. The molecule has 0 aliphatic carbocycles. The van der Waals surface area contributed by atoms with Gasteiger partial charge in [0.2, 0.25) is 5.91 Å². The van der Waals surface area contributed by atoms with Crippen LogP contribution in [0.3, 0.4) is 0 Å². The molecule has 3 nitrogen and oxygen atoms in total. The molecule has 0 aliphatic heterocycles. The summed E-state index contributed by atoms with van der Waals surface area (Å²) in [6.07, 6.45) is 4.54. The Bertz CT molecular complexity index is 190. The van der Waals surface area contributed by atoms with Gasteiger partial charge in [0.25, 0.3) is 0 Å². The van der Waals surface area contributed by atoms with Gasteiger partial charge in [-0.25, -0.2) is 0 Å². The minimum absolute atomic E-state index is 0.0120. The van der Waals surface area contributed by atoms with Crippen molar-refractivity contribution in [1.29, 1.82) is 0 Å². The van der Waals surface area contributed by atoms with Crippen LogP contribution in [0.4, 0.5) is 0 Å². The third kappa shape index (κ3) is 7.77. The highest BCUT2D eigenvalue weighted by atomic mass is 16.2. The second-order valence-corrected chi connectivity index (χ2v) is 3.84. The number of carbonyl (C=O) groups is 2. The Labute approximate surface area is 86.3 Å². The molecule has 1 amide bonds. The van der Waals surface area contributed by atoms with Crippen LogP contribution in [-0.4, -0.2) is 17.7 Å². The lowest BCUT2D eigenvalue weighted by molar-refractivity contribution is -0.127. The molecule has 0 aromatic heterocycles. The van der Waals surface area contributed by atoms with Crippen molar-refractivity contribution in [3.8, 4) is 0 Å². The molecule has 1 unspecified atom stereocenters. The Hall–Kier alpha value is -0.860. The smallest absolute Gasteiger partial charge is 0.227 e. The molecule has 14 heavy (non-hydrogen) atoms. The van der Waals surface area contributed by atoms with Crippen LogP contribution in [0.15, 0.2) is 0 Å². The zero-order valence-corrected chi connectivity index (χ0v) is 9.43. The van der Waals surface area contributed by atoms with E-state index in [-0.39, 0.29) is 24.2 Å². The van der Waals surface area contributed by atoms with E-state index in [2.05, 4.69) is 12.2 Å². The summed E-state index contributed by atoms with van der Waals surface area (Å²) in [5.74, 6) is -0.232. The molecule has 0 saturated heterocycles. The summed E-state index contributed by atoms with van der Waals surface area (Å²) in [5.41, 5.74) is 0. The Morgan fingerprint density at radius 1 is 1.29 bits per heavy atom. The Balaban J connectivity index is 3.55. The lowest BCUT2D eigenvalue weighted by atomic mass is 10.1. The van der Waals surface area contributed by atoms with Gasteiger partial charge in [-0.05, 0) is 20.3 Å². The summed E-state index contributed by atoms with van der Waals surface area (Å²) in [7, 11) is 0. The van der Waals surface area contributed by atoms with E-state index in [0.29, 0.717) is 0 Å². The Morgan fingerprint density at radius 3 is 2.43 bits per heavy atom. The van der Waals surface area contributed by atoms with Crippen LogP contribution in [0.5, 0.6) is 0 Å². The molecule has 0 rings (SSSR count). The maximum absolute atomic E-state index is 11.2. The molecule has 0 saturated carbocycles. The van der Waals surface area contributed by atoms with Crippen LogP contribution in [0.25, 0.3) is 0 Å². The first-order valence-corrected chi connectivity index (χ1v) is 5.35. The number of amides is 1. The number of rotatable bonds is 7. The standard InChI is InChI=1S/C11H21NO2/c1-4-5-6-7-9(2)12-11(14)8-10(3)13/h9H,4-8H2,1-3H3,(H,12,14). The molecule has 3 heteroatoms. The maximum Gasteiger partial charge on any atom is 0.227 e. The predicted octanol–water partition coefficient (Wildman–Crippen LogP) is 2.05. The van der Waals surface area contributed by atoms with E-state index < -0.39 is 0 Å². The third-order valence-corrected chi connectivity index (χ3v) is 2.06. The van der Waals surface area contributed by atoms with E-state index in [1.165, 1.54) is 19.8 Å². The Morgan fingerprint density at radius 2 is 1.93 bits per heavy atom. The van der Waals surface area contributed by atoms with Gasteiger partial charge in [-0.2, -0.15) is 0 Å². The van der Waals surface area contributed by atoms with Crippen molar-refractivity contribution in [2.24, 2.45) is 0 Å². The van der Waals surface area contributed by atoms with Crippen LogP contribution in [0.2, 0.25) is 0 Å². The zero-order chi connectivity index (χ0) is 11.0.